The fraction of sp³-hybridized carbons (Fsp3) is 0.212. The maximum Gasteiger partial charge on any atom is 0.257 e. The highest BCUT2D eigenvalue weighted by Crippen LogP contribution is 2.29. The Balaban J connectivity index is 1.13. The van der Waals surface area contributed by atoms with Crippen LogP contribution in [0.25, 0.3) is 0 Å². The molecule has 7 heteroatoms. The number of hydrogen-bond acceptors (Lipinski definition) is 5. The van der Waals surface area contributed by atoms with Crippen molar-refractivity contribution in [3.05, 3.63) is 132 Å². The van der Waals surface area contributed by atoms with Gasteiger partial charge in [-0.1, -0.05) is 84.9 Å². The molecule has 0 atom stereocenters. The Morgan fingerprint density at radius 1 is 0.700 bits per heavy atom. The Kier molecular flexibility index (Phi) is 9.40. The van der Waals surface area contributed by atoms with Gasteiger partial charge in [0.25, 0.3) is 5.91 Å². The van der Waals surface area contributed by atoms with Gasteiger partial charge in [-0.25, -0.2) is 0 Å². The number of rotatable bonds is 9. The number of nitrogens with one attached hydrogen (secondary N) is 1. The lowest BCUT2D eigenvalue weighted by atomic mass is 9.96. The molecule has 1 fully saturated rings. The smallest absolute Gasteiger partial charge is 0.257 e. The number of benzene rings is 4. The standard InChI is InChI=1S/C33H33N3O3S/c37-32(28-15-10-18-30(25-28)39-24-23-38-29-16-8-3-9-17-29)34-33(40)36-21-19-35(20-22-36)31(26-11-4-1-5-12-26)27-13-6-2-7-14-27/h1-18,25,31H,19-24H2,(H,34,37,40). The first-order chi connectivity index (χ1) is 19.7. The van der Waals surface area contributed by atoms with Crippen LogP contribution in [-0.2, 0) is 0 Å². The van der Waals surface area contributed by atoms with Crippen molar-refractivity contribution in [1.82, 2.24) is 15.1 Å². The van der Waals surface area contributed by atoms with Crippen LogP contribution in [0.3, 0.4) is 0 Å². The van der Waals surface area contributed by atoms with E-state index < -0.39 is 0 Å². The lowest BCUT2D eigenvalue weighted by Gasteiger charge is -2.40. The summed E-state index contributed by atoms with van der Waals surface area (Å²) in [5.74, 6) is 1.16. The minimum Gasteiger partial charge on any atom is -0.490 e. The van der Waals surface area contributed by atoms with Crippen molar-refractivity contribution in [3.63, 3.8) is 0 Å². The van der Waals surface area contributed by atoms with E-state index >= 15 is 0 Å². The fourth-order valence-electron chi connectivity index (χ4n) is 4.88. The summed E-state index contributed by atoms with van der Waals surface area (Å²) in [4.78, 5) is 17.5. The Hall–Kier alpha value is -4.20. The molecule has 0 saturated carbocycles. The lowest BCUT2D eigenvalue weighted by molar-refractivity contribution is 0.0966. The number of carbonyl (C=O) groups excluding carboxylic acids is 1. The molecule has 1 aliphatic heterocycles. The van der Waals surface area contributed by atoms with Crippen LogP contribution in [0.15, 0.2) is 115 Å². The van der Waals surface area contributed by atoms with E-state index in [0.29, 0.717) is 29.6 Å². The molecule has 4 aromatic carbocycles. The summed E-state index contributed by atoms with van der Waals surface area (Å²) in [7, 11) is 0. The van der Waals surface area contributed by atoms with Crippen LogP contribution in [0.2, 0.25) is 0 Å². The average molecular weight is 552 g/mol. The molecule has 40 heavy (non-hydrogen) atoms. The number of piperazine rings is 1. The second-order valence-electron chi connectivity index (χ2n) is 9.54. The van der Waals surface area contributed by atoms with Crippen molar-refractivity contribution < 1.29 is 14.3 Å². The van der Waals surface area contributed by atoms with Crippen molar-refractivity contribution >= 4 is 23.2 Å². The van der Waals surface area contributed by atoms with E-state index in [1.54, 1.807) is 18.2 Å². The van der Waals surface area contributed by atoms with Crippen molar-refractivity contribution in [2.75, 3.05) is 39.4 Å². The fourth-order valence-corrected chi connectivity index (χ4v) is 5.15. The molecule has 0 spiro atoms. The molecule has 0 aromatic heterocycles. The first kappa shape index (κ1) is 27.4. The first-order valence-electron chi connectivity index (χ1n) is 13.5. The number of ether oxygens (including phenoxy) is 2. The van der Waals surface area contributed by atoms with E-state index in [9.17, 15) is 4.79 Å². The summed E-state index contributed by atoms with van der Waals surface area (Å²) in [5, 5.41) is 3.36. The summed E-state index contributed by atoms with van der Waals surface area (Å²) in [6.07, 6.45) is 0. The molecule has 1 saturated heterocycles. The van der Waals surface area contributed by atoms with Crippen LogP contribution in [0.4, 0.5) is 0 Å². The highest BCUT2D eigenvalue weighted by molar-refractivity contribution is 7.80. The van der Waals surface area contributed by atoms with Gasteiger partial charge in [0.05, 0.1) is 6.04 Å². The van der Waals surface area contributed by atoms with Crippen LogP contribution >= 0.6 is 12.2 Å². The molecular weight excluding hydrogens is 518 g/mol. The molecule has 0 aliphatic carbocycles. The monoisotopic (exact) mass is 551 g/mol. The van der Waals surface area contributed by atoms with Gasteiger partial charge in [-0.15, -0.1) is 0 Å². The quantitative estimate of drug-likeness (QED) is 0.217. The third-order valence-corrected chi connectivity index (χ3v) is 7.24. The number of amides is 1. The van der Waals surface area contributed by atoms with E-state index in [2.05, 4.69) is 63.6 Å². The van der Waals surface area contributed by atoms with Gasteiger partial charge < -0.3 is 14.4 Å². The van der Waals surface area contributed by atoms with Crippen molar-refractivity contribution in [2.45, 2.75) is 6.04 Å². The summed E-state index contributed by atoms with van der Waals surface area (Å²) in [6, 6.07) is 38.1. The van der Waals surface area contributed by atoms with Gasteiger partial charge in [-0.2, -0.15) is 0 Å². The summed E-state index contributed by atoms with van der Waals surface area (Å²) in [5.41, 5.74) is 3.04. The molecule has 0 bridgehead atoms. The normalized spacial score (nSPS) is 13.6. The van der Waals surface area contributed by atoms with Gasteiger partial charge in [0, 0.05) is 31.7 Å². The molecule has 0 radical (unpaired) electrons. The highest BCUT2D eigenvalue weighted by atomic mass is 32.1. The molecule has 0 unspecified atom stereocenters. The van der Waals surface area contributed by atoms with Crippen molar-refractivity contribution in [3.8, 4) is 11.5 Å². The van der Waals surface area contributed by atoms with Crippen LogP contribution in [-0.4, -0.2) is 60.2 Å². The molecule has 204 valence electrons. The van der Waals surface area contributed by atoms with E-state index in [1.165, 1.54) is 11.1 Å². The average Bonchev–Trinajstić information content (AvgIpc) is 3.01. The molecule has 4 aromatic rings. The van der Waals surface area contributed by atoms with E-state index in [4.69, 9.17) is 21.7 Å². The maximum atomic E-state index is 13.0. The molecule has 6 nitrogen and oxygen atoms in total. The minimum absolute atomic E-state index is 0.175. The molecule has 1 heterocycles. The van der Waals surface area contributed by atoms with Gasteiger partial charge in [0.1, 0.15) is 24.7 Å². The van der Waals surface area contributed by atoms with Gasteiger partial charge in [0.2, 0.25) is 0 Å². The Morgan fingerprint density at radius 3 is 1.82 bits per heavy atom. The van der Waals surface area contributed by atoms with Crippen LogP contribution in [0.1, 0.15) is 27.5 Å². The molecular formula is C33H33N3O3S. The maximum absolute atomic E-state index is 13.0. The third-order valence-electron chi connectivity index (χ3n) is 6.88. The zero-order valence-corrected chi connectivity index (χ0v) is 23.1. The number of carbonyl (C=O) groups is 1. The summed E-state index contributed by atoms with van der Waals surface area (Å²) >= 11 is 5.63. The molecule has 5 rings (SSSR count). The predicted octanol–water partition coefficient (Wildman–Crippen LogP) is 5.57. The van der Waals surface area contributed by atoms with Gasteiger partial charge in [-0.05, 0) is 53.7 Å². The lowest BCUT2D eigenvalue weighted by Crippen LogP contribution is -2.53. The van der Waals surface area contributed by atoms with Gasteiger partial charge >= 0.3 is 0 Å². The van der Waals surface area contributed by atoms with Crippen LogP contribution < -0.4 is 14.8 Å². The Labute approximate surface area is 241 Å². The minimum atomic E-state index is -0.245. The largest absolute Gasteiger partial charge is 0.490 e. The van der Waals surface area contributed by atoms with Gasteiger partial charge in [-0.3, -0.25) is 15.0 Å². The van der Waals surface area contributed by atoms with Crippen molar-refractivity contribution in [2.24, 2.45) is 0 Å². The molecule has 1 N–H and O–H groups in total. The Bertz CT molecular complexity index is 1340. The predicted molar refractivity (Wildman–Crippen MR) is 162 cm³/mol. The summed E-state index contributed by atoms with van der Waals surface area (Å²) < 4.78 is 11.5. The second-order valence-corrected chi connectivity index (χ2v) is 9.93. The van der Waals surface area contributed by atoms with E-state index in [-0.39, 0.29) is 11.9 Å². The first-order valence-corrected chi connectivity index (χ1v) is 13.9. The summed E-state index contributed by atoms with van der Waals surface area (Å²) in [6.45, 7) is 3.92. The zero-order chi connectivity index (χ0) is 27.6. The topological polar surface area (TPSA) is 54.0 Å². The Morgan fingerprint density at radius 2 is 1.23 bits per heavy atom. The van der Waals surface area contributed by atoms with Crippen LogP contribution in [0.5, 0.6) is 11.5 Å². The second kappa shape index (κ2) is 13.7. The van der Waals surface area contributed by atoms with Crippen LogP contribution in [0, 0.1) is 0 Å². The zero-order valence-electron chi connectivity index (χ0n) is 22.3. The number of nitrogens with zero attached hydrogens (tertiary/aromatic N) is 2. The number of para-hydroxylation sites is 1. The number of thiocarbonyl (C=S) groups is 1. The molecule has 1 amide bonds. The SMILES string of the molecule is O=C(NC(=S)N1CCN(C(c2ccccc2)c2ccccc2)CC1)c1cccc(OCCOc2ccccc2)c1. The molecule has 1 aliphatic rings. The van der Waals surface area contributed by atoms with Crippen molar-refractivity contribution in [1.29, 1.82) is 0 Å². The number of hydrogen-bond donors (Lipinski definition) is 1. The van der Waals surface area contributed by atoms with Gasteiger partial charge in [0.15, 0.2) is 5.11 Å². The highest BCUT2D eigenvalue weighted by Gasteiger charge is 2.27. The van der Waals surface area contributed by atoms with E-state index in [1.807, 2.05) is 48.5 Å². The van der Waals surface area contributed by atoms with E-state index in [0.717, 1.165) is 31.9 Å². The third kappa shape index (κ3) is 7.25.